The number of nitrogens with zero attached hydrogens (tertiary/aromatic N) is 1. The Morgan fingerprint density at radius 3 is 2.33 bits per heavy atom. The number of halogens is 4. The summed E-state index contributed by atoms with van der Waals surface area (Å²) < 4.78 is 66.8. The van der Waals surface area contributed by atoms with Crippen molar-refractivity contribution in [3.05, 3.63) is 52.7 Å². The molecule has 0 bridgehead atoms. The molecule has 5 nitrogen and oxygen atoms in total. The summed E-state index contributed by atoms with van der Waals surface area (Å²) in [6, 6.07) is 8.41. The molecule has 1 heterocycles. The molecule has 0 amide bonds. The lowest BCUT2D eigenvalue weighted by Gasteiger charge is -2.17. The van der Waals surface area contributed by atoms with Gasteiger partial charge in [0.05, 0.1) is 24.9 Å². The Morgan fingerprint density at radius 1 is 1.11 bits per heavy atom. The van der Waals surface area contributed by atoms with E-state index in [-0.39, 0.29) is 25.3 Å². The van der Waals surface area contributed by atoms with Crippen molar-refractivity contribution in [1.82, 2.24) is 4.98 Å². The number of benzene rings is 1. The molecular weight excluding hydrogens is 406 g/mol. The Kier molecular flexibility index (Phi) is 7.28. The number of pyridine rings is 1. The molecule has 1 aromatic carbocycles. The van der Waals surface area contributed by atoms with Crippen molar-refractivity contribution in [2.24, 2.45) is 0 Å². The molecule has 1 aromatic heterocycles. The van der Waals surface area contributed by atoms with Gasteiger partial charge >= 0.3 is 13.8 Å². The molecule has 0 unspecified atom stereocenters. The van der Waals surface area contributed by atoms with Gasteiger partial charge in [-0.05, 0) is 37.6 Å². The van der Waals surface area contributed by atoms with E-state index in [9.17, 15) is 17.7 Å². The molecule has 0 radical (unpaired) electrons. The molecule has 148 valence electrons. The Labute approximate surface area is 160 Å². The number of hydrogen-bond donors (Lipinski definition) is 0. The quantitative estimate of drug-likeness (QED) is 0.367. The highest BCUT2D eigenvalue weighted by molar-refractivity contribution is 7.53. The molecule has 0 fully saturated rings. The smallest absolute Gasteiger partial charge is 0.419 e. The predicted octanol–water partition coefficient (Wildman–Crippen LogP) is 6.31. The van der Waals surface area contributed by atoms with Crippen LogP contribution in [0.25, 0.3) is 0 Å². The van der Waals surface area contributed by atoms with Gasteiger partial charge in [0.2, 0.25) is 5.88 Å². The van der Waals surface area contributed by atoms with Crippen LogP contribution in [0, 0.1) is 0 Å². The van der Waals surface area contributed by atoms with E-state index in [0.29, 0.717) is 11.3 Å². The molecule has 0 aliphatic heterocycles. The zero-order valence-electron chi connectivity index (χ0n) is 14.6. The fourth-order valence-electron chi connectivity index (χ4n) is 2.26. The number of alkyl halides is 3. The molecule has 0 atom stereocenters. The zero-order valence-corrected chi connectivity index (χ0v) is 16.3. The Hall–Kier alpha value is -1.60. The molecule has 0 spiro atoms. The van der Waals surface area contributed by atoms with Gasteiger partial charge in [0.15, 0.2) is 0 Å². The summed E-state index contributed by atoms with van der Waals surface area (Å²) in [5, 5.41) is -0.701. The lowest BCUT2D eigenvalue weighted by Crippen LogP contribution is -2.07. The molecule has 0 N–H and O–H groups in total. The van der Waals surface area contributed by atoms with Gasteiger partial charge in [-0.2, -0.15) is 13.2 Å². The highest BCUT2D eigenvalue weighted by Crippen LogP contribution is 2.51. The van der Waals surface area contributed by atoms with Crippen LogP contribution in [0.2, 0.25) is 5.15 Å². The molecule has 0 aliphatic carbocycles. The molecule has 2 aromatic rings. The van der Waals surface area contributed by atoms with Gasteiger partial charge < -0.3 is 13.8 Å². The second kappa shape index (κ2) is 9.06. The third-order valence-corrected chi connectivity index (χ3v) is 5.62. The monoisotopic (exact) mass is 423 g/mol. The third kappa shape index (κ3) is 6.21. The van der Waals surface area contributed by atoms with Crippen molar-refractivity contribution in [2.75, 3.05) is 13.2 Å². The van der Waals surface area contributed by atoms with E-state index in [1.165, 1.54) is 0 Å². The molecule has 0 saturated heterocycles. The lowest BCUT2D eigenvalue weighted by molar-refractivity contribution is -0.137. The summed E-state index contributed by atoms with van der Waals surface area (Å²) in [6.07, 6.45) is -4.56. The van der Waals surface area contributed by atoms with Gasteiger partial charge in [-0.1, -0.05) is 23.7 Å². The summed E-state index contributed by atoms with van der Waals surface area (Å²) in [4.78, 5) is 3.62. The van der Waals surface area contributed by atoms with Gasteiger partial charge in [0.1, 0.15) is 10.9 Å². The topological polar surface area (TPSA) is 57.7 Å². The molecule has 27 heavy (non-hydrogen) atoms. The van der Waals surface area contributed by atoms with Crippen LogP contribution in [0.1, 0.15) is 25.0 Å². The first kappa shape index (κ1) is 21.7. The average molecular weight is 424 g/mol. The maximum Gasteiger partial charge on any atom is 0.419 e. The first-order valence-corrected chi connectivity index (χ1v) is 10.2. The van der Waals surface area contributed by atoms with Gasteiger partial charge in [-0.15, -0.1) is 0 Å². The molecule has 0 saturated carbocycles. The van der Waals surface area contributed by atoms with Gasteiger partial charge in [-0.3, -0.25) is 4.57 Å². The predicted molar refractivity (Wildman–Crippen MR) is 95.3 cm³/mol. The highest BCUT2D eigenvalue weighted by atomic mass is 35.5. The van der Waals surface area contributed by atoms with Crippen LogP contribution in [-0.4, -0.2) is 18.2 Å². The molecule has 2 rings (SSSR count). The van der Waals surface area contributed by atoms with Crippen LogP contribution >= 0.6 is 19.2 Å². The van der Waals surface area contributed by atoms with E-state index in [1.807, 2.05) is 0 Å². The Bertz CT molecular complexity index is 822. The second-order valence-corrected chi connectivity index (χ2v) is 7.75. The van der Waals surface area contributed by atoms with E-state index < -0.39 is 24.5 Å². The van der Waals surface area contributed by atoms with Crippen LogP contribution in [-0.2, 0) is 26.0 Å². The normalized spacial score (nSPS) is 12.2. The summed E-state index contributed by atoms with van der Waals surface area (Å²) >= 11 is 5.59. The van der Waals surface area contributed by atoms with E-state index >= 15 is 0 Å². The number of ether oxygens (including phenoxy) is 1. The van der Waals surface area contributed by atoms with E-state index in [4.69, 9.17) is 25.4 Å². The largest absolute Gasteiger partial charge is 0.439 e. The first-order valence-electron chi connectivity index (χ1n) is 8.05. The molecular formula is C17H18ClF3NO4P. The number of hydrogen-bond acceptors (Lipinski definition) is 5. The van der Waals surface area contributed by atoms with Crippen LogP contribution in [0.15, 0.2) is 36.4 Å². The summed E-state index contributed by atoms with van der Waals surface area (Å²) in [5.41, 5.74) is -0.421. The summed E-state index contributed by atoms with van der Waals surface area (Å²) in [6.45, 7) is 3.90. The Balaban J connectivity index is 2.18. The van der Waals surface area contributed by atoms with Gasteiger partial charge in [-0.25, -0.2) is 4.98 Å². The van der Waals surface area contributed by atoms with Crippen molar-refractivity contribution in [2.45, 2.75) is 26.2 Å². The van der Waals surface area contributed by atoms with Crippen molar-refractivity contribution in [3.8, 4) is 11.6 Å². The number of rotatable bonds is 8. The van der Waals surface area contributed by atoms with Crippen LogP contribution in [0.5, 0.6) is 11.6 Å². The van der Waals surface area contributed by atoms with Crippen molar-refractivity contribution in [3.63, 3.8) is 0 Å². The van der Waals surface area contributed by atoms with E-state index in [1.54, 1.807) is 38.1 Å². The lowest BCUT2D eigenvalue weighted by atomic mass is 10.2. The highest BCUT2D eigenvalue weighted by Gasteiger charge is 2.34. The first-order chi connectivity index (χ1) is 12.7. The average Bonchev–Trinajstić information content (AvgIpc) is 2.54. The minimum Gasteiger partial charge on any atom is -0.439 e. The van der Waals surface area contributed by atoms with Crippen LogP contribution in [0.3, 0.4) is 0 Å². The van der Waals surface area contributed by atoms with Crippen molar-refractivity contribution >= 4 is 19.2 Å². The molecule has 10 heteroatoms. The SMILES string of the molecule is CCOP(=O)(Cc1cccc(Oc2ccc(C(F)(F)F)c(Cl)n2)c1)OCC. The van der Waals surface area contributed by atoms with Crippen LogP contribution < -0.4 is 4.74 Å². The third-order valence-electron chi connectivity index (χ3n) is 3.28. The summed E-state index contributed by atoms with van der Waals surface area (Å²) in [5.74, 6) is 0.207. The maximum absolute atomic E-state index is 12.7. The van der Waals surface area contributed by atoms with E-state index in [2.05, 4.69) is 4.98 Å². The minimum atomic E-state index is -4.59. The fraction of sp³-hybridized carbons (Fsp3) is 0.353. The van der Waals surface area contributed by atoms with Gasteiger partial charge in [0.25, 0.3) is 0 Å². The standard InChI is InChI=1S/C17H18ClF3NO4P/c1-3-24-27(23,25-4-2)11-12-6-5-7-13(10-12)26-15-9-8-14(16(18)22-15)17(19,20)21/h5-10H,3-4,11H2,1-2H3. The second-order valence-electron chi connectivity index (χ2n) is 5.34. The number of aromatic nitrogens is 1. The summed E-state index contributed by atoms with van der Waals surface area (Å²) in [7, 11) is -3.29. The van der Waals surface area contributed by atoms with Crippen molar-refractivity contribution < 1.29 is 31.5 Å². The molecule has 0 aliphatic rings. The van der Waals surface area contributed by atoms with E-state index in [0.717, 1.165) is 12.1 Å². The minimum absolute atomic E-state index is 0.0348. The Morgan fingerprint density at radius 2 is 1.78 bits per heavy atom. The zero-order chi connectivity index (χ0) is 20.1. The maximum atomic E-state index is 12.7. The fourth-order valence-corrected chi connectivity index (χ4v) is 4.20. The van der Waals surface area contributed by atoms with Crippen LogP contribution in [0.4, 0.5) is 13.2 Å². The van der Waals surface area contributed by atoms with Crippen molar-refractivity contribution in [1.29, 1.82) is 0 Å². The van der Waals surface area contributed by atoms with Gasteiger partial charge in [0, 0.05) is 6.07 Å².